The minimum Gasteiger partial charge on any atom is -0.501 e. The van der Waals surface area contributed by atoms with Gasteiger partial charge in [0.25, 0.3) is 11.5 Å². The fraction of sp³-hybridized carbons (Fsp3) is 0.421. The highest BCUT2D eigenvalue weighted by atomic mass is 19.1. The Morgan fingerprint density at radius 2 is 2.15 bits per heavy atom. The van der Waals surface area contributed by atoms with E-state index in [0.29, 0.717) is 13.0 Å². The zero-order valence-corrected chi connectivity index (χ0v) is 15.5. The van der Waals surface area contributed by atoms with Crippen molar-refractivity contribution in [1.29, 1.82) is 0 Å². The number of benzene rings is 1. The van der Waals surface area contributed by atoms with E-state index in [1.807, 2.05) is 6.92 Å². The maximum absolute atomic E-state index is 13.3. The molecule has 0 unspecified atom stereocenters. The van der Waals surface area contributed by atoms with Crippen LogP contribution in [0.3, 0.4) is 0 Å². The Morgan fingerprint density at radius 1 is 1.41 bits per heavy atom. The van der Waals surface area contributed by atoms with E-state index in [0.717, 1.165) is 11.1 Å². The SMILES string of the molecule is CCc1cc(F)ccc1CNC(=O)c1nc2n(c(=O)c1O)CCOC2(C)C. The minimum atomic E-state index is -0.855. The molecule has 144 valence electrons. The van der Waals surface area contributed by atoms with Crippen LogP contribution < -0.4 is 10.9 Å². The van der Waals surface area contributed by atoms with E-state index in [1.165, 1.54) is 16.7 Å². The summed E-state index contributed by atoms with van der Waals surface area (Å²) in [7, 11) is 0. The molecule has 2 N–H and O–H groups in total. The second kappa shape index (κ2) is 7.11. The normalized spacial score (nSPS) is 15.3. The van der Waals surface area contributed by atoms with Crippen molar-refractivity contribution in [2.45, 2.75) is 45.9 Å². The molecule has 8 heteroatoms. The molecule has 2 heterocycles. The summed E-state index contributed by atoms with van der Waals surface area (Å²) in [6.45, 7) is 6.08. The molecule has 27 heavy (non-hydrogen) atoms. The fourth-order valence-corrected chi connectivity index (χ4v) is 3.18. The van der Waals surface area contributed by atoms with Crippen molar-refractivity contribution in [3.63, 3.8) is 0 Å². The lowest BCUT2D eigenvalue weighted by atomic mass is 10.0. The molecule has 1 aliphatic heterocycles. The average Bonchev–Trinajstić information content (AvgIpc) is 2.63. The van der Waals surface area contributed by atoms with Crippen LogP contribution in [0.2, 0.25) is 0 Å². The number of hydrogen-bond acceptors (Lipinski definition) is 5. The molecule has 2 aromatic rings. The first-order valence-corrected chi connectivity index (χ1v) is 8.78. The van der Waals surface area contributed by atoms with Gasteiger partial charge in [0.2, 0.25) is 5.75 Å². The number of carbonyl (C=O) groups excluding carboxylic acids is 1. The number of ether oxygens (including phenoxy) is 1. The number of aromatic hydroxyl groups is 1. The van der Waals surface area contributed by atoms with Gasteiger partial charge < -0.3 is 15.2 Å². The van der Waals surface area contributed by atoms with Crippen LogP contribution in [0.15, 0.2) is 23.0 Å². The van der Waals surface area contributed by atoms with E-state index in [2.05, 4.69) is 10.3 Å². The fourth-order valence-electron chi connectivity index (χ4n) is 3.18. The molecule has 0 fully saturated rings. The summed E-state index contributed by atoms with van der Waals surface area (Å²) in [6, 6.07) is 4.34. The third-order valence-electron chi connectivity index (χ3n) is 4.67. The van der Waals surface area contributed by atoms with Gasteiger partial charge in [-0.3, -0.25) is 14.2 Å². The molecule has 0 radical (unpaired) electrons. The molecule has 1 aliphatic rings. The monoisotopic (exact) mass is 375 g/mol. The average molecular weight is 375 g/mol. The van der Waals surface area contributed by atoms with Crippen LogP contribution in [0.5, 0.6) is 5.75 Å². The van der Waals surface area contributed by atoms with Gasteiger partial charge in [-0.25, -0.2) is 9.37 Å². The summed E-state index contributed by atoms with van der Waals surface area (Å²) in [4.78, 5) is 29.2. The van der Waals surface area contributed by atoms with Crippen LogP contribution in [0.4, 0.5) is 4.39 Å². The lowest BCUT2D eigenvalue weighted by Gasteiger charge is -2.32. The zero-order valence-electron chi connectivity index (χ0n) is 15.5. The van der Waals surface area contributed by atoms with Crippen LogP contribution in [-0.2, 0) is 29.8 Å². The Balaban J connectivity index is 1.90. The Kier molecular flexibility index (Phi) is 5.01. The molecule has 0 bridgehead atoms. The topological polar surface area (TPSA) is 93.5 Å². The number of nitrogens with zero attached hydrogens (tertiary/aromatic N) is 2. The maximum Gasteiger partial charge on any atom is 0.296 e. The summed E-state index contributed by atoms with van der Waals surface area (Å²) in [5, 5.41) is 12.8. The Hall–Kier alpha value is -2.74. The smallest absolute Gasteiger partial charge is 0.296 e. The van der Waals surface area contributed by atoms with Gasteiger partial charge in [0.05, 0.1) is 13.2 Å². The summed E-state index contributed by atoms with van der Waals surface area (Å²) < 4.78 is 20.3. The van der Waals surface area contributed by atoms with Gasteiger partial charge in [0.15, 0.2) is 5.69 Å². The van der Waals surface area contributed by atoms with Crippen molar-refractivity contribution in [1.82, 2.24) is 14.9 Å². The second-order valence-corrected chi connectivity index (χ2v) is 6.90. The lowest BCUT2D eigenvalue weighted by Crippen LogP contribution is -2.42. The molecule has 3 rings (SSSR count). The van der Waals surface area contributed by atoms with E-state index in [9.17, 15) is 19.1 Å². The van der Waals surface area contributed by atoms with Gasteiger partial charge >= 0.3 is 0 Å². The predicted octanol–water partition coefficient (Wildman–Crippen LogP) is 1.85. The first-order valence-electron chi connectivity index (χ1n) is 8.78. The first-order chi connectivity index (χ1) is 12.7. The van der Waals surface area contributed by atoms with Crippen LogP contribution in [0.1, 0.15) is 48.2 Å². The van der Waals surface area contributed by atoms with Crippen molar-refractivity contribution in [3.05, 3.63) is 57.0 Å². The number of aryl methyl sites for hydroxylation is 1. The van der Waals surface area contributed by atoms with Crippen molar-refractivity contribution in [3.8, 4) is 5.75 Å². The standard InChI is InChI=1S/C19H22FN3O4/c1-4-11-9-13(20)6-5-12(11)10-21-16(25)14-15(24)17(26)23-7-8-27-19(2,3)18(23)22-14/h5-6,9,24H,4,7-8,10H2,1-3H3,(H,21,25). The van der Waals surface area contributed by atoms with Crippen LogP contribution >= 0.6 is 0 Å². The number of aromatic nitrogens is 2. The quantitative estimate of drug-likeness (QED) is 0.851. The second-order valence-electron chi connectivity index (χ2n) is 6.90. The third-order valence-corrected chi connectivity index (χ3v) is 4.67. The van der Waals surface area contributed by atoms with E-state index in [1.54, 1.807) is 19.9 Å². The number of fused-ring (bicyclic) bond motifs is 1. The van der Waals surface area contributed by atoms with E-state index < -0.39 is 22.8 Å². The molecule has 0 saturated heterocycles. The van der Waals surface area contributed by atoms with Gasteiger partial charge in [-0.05, 0) is 43.5 Å². The highest BCUT2D eigenvalue weighted by Gasteiger charge is 2.34. The molecule has 0 spiro atoms. The molecule has 0 aliphatic carbocycles. The van der Waals surface area contributed by atoms with Crippen LogP contribution in [-0.4, -0.2) is 27.2 Å². The number of rotatable bonds is 4. The van der Waals surface area contributed by atoms with E-state index in [-0.39, 0.29) is 30.4 Å². The van der Waals surface area contributed by atoms with Gasteiger partial charge in [-0.2, -0.15) is 0 Å². The lowest BCUT2D eigenvalue weighted by molar-refractivity contribution is -0.0566. The van der Waals surface area contributed by atoms with Crippen LogP contribution in [0, 0.1) is 5.82 Å². The van der Waals surface area contributed by atoms with E-state index in [4.69, 9.17) is 4.74 Å². The number of halogens is 1. The highest BCUT2D eigenvalue weighted by molar-refractivity contribution is 5.94. The van der Waals surface area contributed by atoms with Crippen molar-refractivity contribution in [2.24, 2.45) is 0 Å². The van der Waals surface area contributed by atoms with Crippen molar-refractivity contribution < 1.29 is 19.0 Å². The molecular formula is C19H22FN3O4. The number of hydrogen-bond donors (Lipinski definition) is 2. The van der Waals surface area contributed by atoms with Gasteiger partial charge in [-0.15, -0.1) is 0 Å². The van der Waals surface area contributed by atoms with Crippen LogP contribution in [0.25, 0.3) is 0 Å². The molecule has 0 atom stereocenters. The van der Waals surface area contributed by atoms with Gasteiger partial charge in [0.1, 0.15) is 17.2 Å². The number of amides is 1. The molecule has 1 amide bonds. The third kappa shape index (κ3) is 3.57. The Morgan fingerprint density at radius 3 is 2.85 bits per heavy atom. The first kappa shape index (κ1) is 19.0. The Labute approximate surface area is 155 Å². The largest absolute Gasteiger partial charge is 0.501 e. The summed E-state index contributed by atoms with van der Waals surface area (Å²) in [5.41, 5.74) is -0.341. The number of nitrogens with one attached hydrogen (secondary N) is 1. The summed E-state index contributed by atoms with van der Waals surface area (Å²) in [6.07, 6.45) is 0.609. The summed E-state index contributed by atoms with van der Waals surface area (Å²) in [5.74, 6) is -1.42. The van der Waals surface area contributed by atoms with E-state index >= 15 is 0 Å². The van der Waals surface area contributed by atoms with Gasteiger partial charge in [0, 0.05) is 6.54 Å². The minimum absolute atomic E-state index is 0.127. The summed E-state index contributed by atoms with van der Waals surface area (Å²) >= 11 is 0. The predicted molar refractivity (Wildman–Crippen MR) is 96.1 cm³/mol. The number of carbonyl (C=O) groups is 1. The molecule has 7 nitrogen and oxygen atoms in total. The molecular weight excluding hydrogens is 353 g/mol. The molecule has 0 saturated carbocycles. The maximum atomic E-state index is 13.3. The highest BCUT2D eigenvalue weighted by Crippen LogP contribution is 2.27. The molecule has 1 aromatic carbocycles. The van der Waals surface area contributed by atoms with Gasteiger partial charge in [-0.1, -0.05) is 13.0 Å². The zero-order chi connectivity index (χ0) is 19.8. The van der Waals surface area contributed by atoms with Crippen molar-refractivity contribution >= 4 is 5.91 Å². The Bertz CT molecular complexity index is 953. The van der Waals surface area contributed by atoms with Crippen molar-refractivity contribution in [2.75, 3.05) is 6.61 Å². The molecule has 1 aromatic heterocycles.